The van der Waals surface area contributed by atoms with Gasteiger partial charge in [-0.2, -0.15) is 8.78 Å². The van der Waals surface area contributed by atoms with E-state index >= 15 is 0 Å². The summed E-state index contributed by atoms with van der Waals surface area (Å²) in [6.45, 7) is 1.82. The highest BCUT2D eigenvalue weighted by molar-refractivity contribution is 5.72. The molecule has 0 aliphatic rings. The molecule has 3 aromatic rings. The normalized spacial score (nSPS) is 11.9. The quantitative estimate of drug-likeness (QED) is 0.703. The highest BCUT2D eigenvalue weighted by Crippen LogP contribution is 2.34. The summed E-state index contributed by atoms with van der Waals surface area (Å²) in [5, 5.41) is 0. The number of aryl methyl sites for hydroxylation is 1. The summed E-state index contributed by atoms with van der Waals surface area (Å²) in [6, 6.07) is 13.9. The van der Waals surface area contributed by atoms with Crippen molar-refractivity contribution in [3.05, 3.63) is 65.5 Å². The van der Waals surface area contributed by atoms with E-state index in [9.17, 15) is 8.78 Å². The van der Waals surface area contributed by atoms with Gasteiger partial charge in [0, 0.05) is 6.42 Å². The van der Waals surface area contributed by atoms with Crippen LogP contribution in [-0.2, 0) is 12.3 Å². The van der Waals surface area contributed by atoms with Gasteiger partial charge in [0.15, 0.2) is 5.58 Å². The maximum atomic E-state index is 14.3. The molecule has 0 saturated heterocycles. The van der Waals surface area contributed by atoms with Crippen LogP contribution >= 0.6 is 0 Å². The Kier molecular flexibility index (Phi) is 3.01. The Morgan fingerprint density at radius 2 is 1.75 bits per heavy atom. The van der Waals surface area contributed by atoms with Crippen LogP contribution in [0.3, 0.4) is 0 Å². The molecule has 0 unspecified atom stereocenters. The number of nitrogens with zero attached hydrogens (tertiary/aromatic N) is 1. The van der Waals surface area contributed by atoms with Crippen LogP contribution in [-0.4, -0.2) is 4.98 Å². The first kappa shape index (κ1) is 12.8. The summed E-state index contributed by atoms with van der Waals surface area (Å²) in [6.07, 6.45) is -0.410. The van der Waals surface area contributed by atoms with Gasteiger partial charge >= 0.3 is 5.92 Å². The average molecular weight is 273 g/mol. The van der Waals surface area contributed by atoms with E-state index in [1.807, 2.05) is 19.1 Å². The molecule has 0 spiro atoms. The number of oxazole rings is 1. The van der Waals surface area contributed by atoms with E-state index in [4.69, 9.17) is 4.42 Å². The van der Waals surface area contributed by atoms with Crippen LogP contribution in [0.5, 0.6) is 0 Å². The smallest absolute Gasteiger partial charge is 0.326 e. The second kappa shape index (κ2) is 4.71. The standard InChI is InChI=1S/C16H13F2NO/c1-11-6-2-3-7-12(11)10-16(17,18)15-19-13-8-4-5-9-14(13)20-15/h2-9H,10H2,1H3. The lowest BCUT2D eigenvalue weighted by atomic mass is 10.0. The van der Waals surface area contributed by atoms with Crippen LogP contribution in [0.2, 0.25) is 0 Å². The molecule has 0 saturated carbocycles. The number of fused-ring (bicyclic) bond motifs is 1. The minimum absolute atomic E-state index is 0.381. The lowest BCUT2D eigenvalue weighted by Gasteiger charge is -2.13. The number of hydrogen-bond donors (Lipinski definition) is 0. The number of hydrogen-bond acceptors (Lipinski definition) is 2. The molecule has 20 heavy (non-hydrogen) atoms. The number of alkyl halides is 2. The molecule has 0 aliphatic carbocycles. The van der Waals surface area contributed by atoms with Gasteiger partial charge in [-0.3, -0.25) is 0 Å². The first-order valence-corrected chi connectivity index (χ1v) is 6.35. The van der Waals surface area contributed by atoms with Crippen molar-refractivity contribution in [3.63, 3.8) is 0 Å². The van der Waals surface area contributed by atoms with Crippen LogP contribution in [0.1, 0.15) is 17.0 Å². The molecule has 0 fully saturated rings. The van der Waals surface area contributed by atoms with E-state index < -0.39 is 18.2 Å². The van der Waals surface area contributed by atoms with Gasteiger partial charge in [-0.05, 0) is 30.2 Å². The number of halogens is 2. The number of aromatic nitrogens is 1. The Hall–Kier alpha value is -2.23. The van der Waals surface area contributed by atoms with E-state index in [2.05, 4.69) is 4.98 Å². The third-order valence-electron chi connectivity index (χ3n) is 3.28. The molecule has 102 valence electrons. The number of rotatable bonds is 3. The molecular weight excluding hydrogens is 260 g/mol. The Morgan fingerprint density at radius 1 is 1.05 bits per heavy atom. The van der Waals surface area contributed by atoms with E-state index in [-0.39, 0.29) is 0 Å². The van der Waals surface area contributed by atoms with Crippen LogP contribution in [0.15, 0.2) is 52.9 Å². The Bertz CT molecular complexity index is 716. The predicted molar refractivity (Wildman–Crippen MR) is 72.8 cm³/mol. The lowest BCUT2D eigenvalue weighted by Crippen LogP contribution is -2.18. The van der Waals surface area contributed by atoms with Gasteiger partial charge < -0.3 is 4.42 Å². The van der Waals surface area contributed by atoms with Crippen molar-refractivity contribution in [1.29, 1.82) is 0 Å². The zero-order chi connectivity index (χ0) is 14.2. The first-order valence-electron chi connectivity index (χ1n) is 6.35. The zero-order valence-electron chi connectivity index (χ0n) is 10.9. The fourth-order valence-electron chi connectivity index (χ4n) is 2.15. The molecule has 0 aliphatic heterocycles. The highest BCUT2D eigenvalue weighted by Gasteiger charge is 2.38. The SMILES string of the molecule is Cc1ccccc1CC(F)(F)c1nc2ccccc2o1. The molecule has 0 N–H and O–H groups in total. The van der Waals surface area contributed by atoms with Crippen LogP contribution in [0.4, 0.5) is 8.78 Å². The number of benzene rings is 2. The van der Waals surface area contributed by atoms with E-state index in [0.29, 0.717) is 16.7 Å². The van der Waals surface area contributed by atoms with Crippen molar-refractivity contribution in [3.8, 4) is 0 Å². The molecule has 0 bridgehead atoms. The molecular formula is C16H13F2NO. The van der Waals surface area contributed by atoms with E-state index in [1.165, 1.54) is 0 Å². The number of para-hydroxylation sites is 2. The molecule has 2 nitrogen and oxygen atoms in total. The topological polar surface area (TPSA) is 26.0 Å². The summed E-state index contributed by atoms with van der Waals surface area (Å²) in [7, 11) is 0. The van der Waals surface area contributed by atoms with Crippen LogP contribution in [0.25, 0.3) is 11.1 Å². The summed E-state index contributed by atoms with van der Waals surface area (Å²) in [5.41, 5.74) is 2.27. The van der Waals surface area contributed by atoms with Gasteiger partial charge in [0.1, 0.15) is 5.52 Å². The molecule has 1 aromatic heterocycles. The first-order chi connectivity index (χ1) is 9.56. The fraction of sp³-hybridized carbons (Fsp3) is 0.188. The van der Waals surface area contributed by atoms with Crippen molar-refractivity contribution in [2.24, 2.45) is 0 Å². The molecule has 0 amide bonds. The predicted octanol–water partition coefficient (Wildman–Crippen LogP) is 4.47. The van der Waals surface area contributed by atoms with Gasteiger partial charge in [-0.1, -0.05) is 36.4 Å². The summed E-state index contributed by atoms with van der Waals surface area (Å²) >= 11 is 0. The maximum absolute atomic E-state index is 14.3. The van der Waals surface area contributed by atoms with Crippen molar-refractivity contribution in [2.45, 2.75) is 19.3 Å². The summed E-state index contributed by atoms with van der Waals surface area (Å²) in [4.78, 5) is 3.89. The molecule has 4 heteroatoms. The van der Waals surface area contributed by atoms with Crippen LogP contribution < -0.4 is 0 Å². The summed E-state index contributed by atoms with van der Waals surface area (Å²) < 4.78 is 33.8. The minimum atomic E-state index is -3.12. The summed E-state index contributed by atoms with van der Waals surface area (Å²) in [5.74, 6) is -3.65. The van der Waals surface area contributed by atoms with Crippen molar-refractivity contribution in [1.82, 2.24) is 4.98 Å². The lowest BCUT2D eigenvalue weighted by molar-refractivity contribution is -0.0294. The Balaban J connectivity index is 1.97. The maximum Gasteiger partial charge on any atom is 0.326 e. The molecule has 0 radical (unpaired) electrons. The largest absolute Gasteiger partial charge is 0.435 e. The van der Waals surface area contributed by atoms with Gasteiger partial charge in [0.2, 0.25) is 0 Å². The Labute approximate surface area is 115 Å². The average Bonchev–Trinajstić information content (AvgIpc) is 2.86. The van der Waals surface area contributed by atoms with Crippen molar-refractivity contribution in [2.75, 3.05) is 0 Å². The monoisotopic (exact) mass is 273 g/mol. The third kappa shape index (κ3) is 2.29. The molecule has 0 atom stereocenters. The fourth-order valence-corrected chi connectivity index (χ4v) is 2.15. The van der Waals surface area contributed by atoms with Crippen LogP contribution in [0, 0.1) is 6.92 Å². The van der Waals surface area contributed by atoms with Crippen molar-refractivity contribution < 1.29 is 13.2 Å². The second-order valence-corrected chi connectivity index (χ2v) is 4.79. The van der Waals surface area contributed by atoms with Crippen molar-refractivity contribution >= 4 is 11.1 Å². The third-order valence-corrected chi connectivity index (χ3v) is 3.28. The molecule has 1 heterocycles. The van der Waals surface area contributed by atoms with Gasteiger partial charge in [-0.25, -0.2) is 4.98 Å². The van der Waals surface area contributed by atoms with Gasteiger partial charge in [0.25, 0.3) is 5.89 Å². The van der Waals surface area contributed by atoms with E-state index in [0.717, 1.165) is 5.56 Å². The Morgan fingerprint density at radius 3 is 2.50 bits per heavy atom. The minimum Gasteiger partial charge on any atom is -0.435 e. The van der Waals surface area contributed by atoms with Gasteiger partial charge in [0.05, 0.1) is 0 Å². The highest BCUT2D eigenvalue weighted by atomic mass is 19.3. The van der Waals surface area contributed by atoms with Gasteiger partial charge in [-0.15, -0.1) is 0 Å². The molecule has 3 rings (SSSR count). The van der Waals surface area contributed by atoms with E-state index in [1.54, 1.807) is 36.4 Å². The molecule has 2 aromatic carbocycles. The zero-order valence-corrected chi connectivity index (χ0v) is 10.9. The second-order valence-electron chi connectivity index (χ2n) is 4.79.